The van der Waals surface area contributed by atoms with Crippen molar-refractivity contribution in [2.75, 3.05) is 12.4 Å². The average molecular weight is 358 g/mol. The van der Waals surface area contributed by atoms with E-state index in [9.17, 15) is 9.18 Å². The molecular weight excluding hydrogens is 345 g/mol. The molecule has 0 radical (unpaired) electrons. The van der Waals surface area contributed by atoms with Crippen LogP contribution >= 0.6 is 11.6 Å². The van der Waals surface area contributed by atoms with Gasteiger partial charge in [0.05, 0.1) is 7.11 Å². The molecule has 0 spiro atoms. The van der Waals surface area contributed by atoms with E-state index in [1.165, 1.54) is 31.4 Å². The summed E-state index contributed by atoms with van der Waals surface area (Å²) in [6.45, 7) is 0. The number of nitrogens with zero attached hydrogens (tertiary/aromatic N) is 2. The second-order valence-electron chi connectivity index (χ2n) is 5.05. The van der Waals surface area contributed by atoms with Gasteiger partial charge in [-0.15, -0.1) is 0 Å². The van der Waals surface area contributed by atoms with Crippen LogP contribution in [0.2, 0.25) is 5.15 Å². The van der Waals surface area contributed by atoms with Crippen LogP contribution in [0.3, 0.4) is 0 Å². The van der Waals surface area contributed by atoms with Gasteiger partial charge >= 0.3 is 0 Å². The van der Waals surface area contributed by atoms with Crippen molar-refractivity contribution >= 4 is 23.2 Å². The van der Waals surface area contributed by atoms with Crippen LogP contribution < -0.4 is 10.1 Å². The molecule has 0 aliphatic heterocycles. The third-order valence-electron chi connectivity index (χ3n) is 3.40. The number of anilines is 1. The number of ether oxygens (including phenoxy) is 1. The number of aromatic nitrogens is 2. The summed E-state index contributed by atoms with van der Waals surface area (Å²) in [7, 11) is 1.42. The molecule has 3 rings (SSSR count). The topological polar surface area (TPSA) is 64.1 Å². The van der Waals surface area contributed by atoms with Crippen LogP contribution in [0, 0.1) is 5.82 Å². The van der Waals surface area contributed by atoms with Crippen LogP contribution in [0.5, 0.6) is 5.88 Å². The molecule has 25 heavy (non-hydrogen) atoms. The van der Waals surface area contributed by atoms with Gasteiger partial charge < -0.3 is 10.1 Å². The molecule has 1 heterocycles. The number of benzene rings is 2. The van der Waals surface area contributed by atoms with Crippen molar-refractivity contribution in [2.45, 2.75) is 0 Å². The lowest BCUT2D eigenvalue weighted by Crippen LogP contribution is -2.14. The van der Waals surface area contributed by atoms with E-state index in [-0.39, 0.29) is 22.3 Å². The number of rotatable bonds is 4. The molecule has 0 aliphatic rings. The molecule has 0 saturated carbocycles. The van der Waals surface area contributed by atoms with E-state index in [1.807, 2.05) is 30.3 Å². The fourth-order valence-corrected chi connectivity index (χ4v) is 2.38. The monoisotopic (exact) mass is 357 g/mol. The van der Waals surface area contributed by atoms with E-state index in [4.69, 9.17) is 16.3 Å². The molecular formula is C18H13ClFN3O2. The van der Waals surface area contributed by atoms with Gasteiger partial charge in [0.25, 0.3) is 5.91 Å². The Hall–Kier alpha value is -2.99. The van der Waals surface area contributed by atoms with Gasteiger partial charge in [-0.3, -0.25) is 4.79 Å². The van der Waals surface area contributed by atoms with Crippen molar-refractivity contribution < 1.29 is 13.9 Å². The lowest BCUT2D eigenvalue weighted by molar-refractivity contribution is 0.102. The largest absolute Gasteiger partial charge is 0.479 e. The predicted molar refractivity (Wildman–Crippen MR) is 93.4 cm³/mol. The summed E-state index contributed by atoms with van der Waals surface area (Å²) in [5.74, 6) is -0.393. The van der Waals surface area contributed by atoms with Gasteiger partial charge in [0, 0.05) is 11.1 Å². The van der Waals surface area contributed by atoms with Gasteiger partial charge in [-0.25, -0.2) is 9.37 Å². The van der Waals surface area contributed by atoms with Crippen LogP contribution in [-0.2, 0) is 0 Å². The molecule has 5 nitrogen and oxygen atoms in total. The van der Waals surface area contributed by atoms with E-state index in [1.54, 1.807) is 0 Å². The van der Waals surface area contributed by atoms with Crippen molar-refractivity contribution in [3.05, 3.63) is 71.1 Å². The zero-order valence-corrected chi connectivity index (χ0v) is 13.9. The van der Waals surface area contributed by atoms with Crippen molar-refractivity contribution in [1.29, 1.82) is 0 Å². The van der Waals surface area contributed by atoms with Crippen molar-refractivity contribution in [1.82, 2.24) is 9.97 Å². The molecule has 0 saturated heterocycles. The summed E-state index contributed by atoms with van der Waals surface area (Å²) in [5.41, 5.74) is 1.18. The first kappa shape index (κ1) is 16.9. The fraction of sp³-hybridized carbons (Fsp3) is 0.0556. The highest BCUT2D eigenvalue weighted by Crippen LogP contribution is 2.32. The predicted octanol–water partition coefficient (Wildman–Crippen LogP) is 4.20. The van der Waals surface area contributed by atoms with Gasteiger partial charge in [-0.2, -0.15) is 4.98 Å². The molecule has 1 N–H and O–H groups in total. The molecule has 7 heteroatoms. The number of carbonyl (C=O) groups is 1. The quantitative estimate of drug-likeness (QED) is 0.711. The molecule has 126 valence electrons. The summed E-state index contributed by atoms with van der Waals surface area (Å²) in [6.07, 6.45) is 0. The SMILES string of the molecule is COc1nc(-c2ccccc2)nc(Cl)c1NC(=O)c1ccc(F)cc1. The molecule has 0 aliphatic carbocycles. The minimum Gasteiger partial charge on any atom is -0.479 e. The van der Waals surface area contributed by atoms with Crippen LogP contribution in [0.1, 0.15) is 10.4 Å². The number of hydrogen-bond acceptors (Lipinski definition) is 4. The van der Waals surface area contributed by atoms with Crippen molar-refractivity contribution in [3.63, 3.8) is 0 Å². The number of hydrogen-bond donors (Lipinski definition) is 1. The second-order valence-corrected chi connectivity index (χ2v) is 5.41. The Bertz CT molecular complexity index is 902. The number of methoxy groups -OCH3 is 1. The summed E-state index contributed by atoms with van der Waals surface area (Å²) in [4.78, 5) is 20.8. The highest BCUT2D eigenvalue weighted by molar-refractivity contribution is 6.33. The van der Waals surface area contributed by atoms with Gasteiger partial charge in [-0.05, 0) is 24.3 Å². The lowest BCUT2D eigenvalue weighted by Gasteiger charge is -2.12. The number of carbonyl (C=O) groups excluding carboxylic acids is 1. The maximum absolute atomic E-state index is 13.0. The first-order valence-corrected chi connectivity index (χ1v) is 7.70. The summed E-state index contributed by atoms with van der Waals surface area (Å²) >= 11 is 6.21. The van der Waals surface area contributed by atoms with Gasteiger partial charge in [-0.1, -0.05) is 41.9 Å². The van der Waals surface area contributed by atoms with E-state index in [0.717, 1.165) is 5.56 Å². The second kappa shape index (κ2) is 7.27. The van der Waals surface area contributed by atoms with Crippen LogP contribution in [0.15, 0.2) is 54.6 Å². The first-order chi connectivity index (χ1) is 12.1. The first-order valence-electron chi connectivity index (χ1n) is 7.32. The molecule has 1 aromatic heterocycles. The number of amides is 1. The molecule has 0 unspecified atom stereocenters. The molecule has 0 atom stereocenters. The van der Waals surface area contributed by atoms with Crippen molar-refractivity contribution in [3.8, 4) is 17.3 Å². The Kier molecular flexibility index (Phi) is 4.90. The Labute approximate surface area is 148 Å². The summed E-state index contributed by atoms with van der Waals surface area (Å²) < 4.78 is 18.2. The van der Waals surface area contributed by atoms with E-state index in [2.05, 4.69) is 15.3 Å². The summed E-state index contributed by atoms with van der Waals surface area (Å²) in [5, 5.41) is 2.64. The smallest absolute Gasteiger partial charge is 0.255 e. The lowest BCUT2D eigenvalue weighted by atomic mass is 10.2. The Morgan fingerprint density at radius 3 is 2.40 bits per heavy atom. The molecule has 0 fully saturated rings. The minimum absolute atomic E-state index is 0.0427. The van der Waals surface area contributed by atoms with E-state index < -0.39 is 11.7 Å². The molecule has 3 aromatic rings. The maximum atomic E-state index is 13.0. The van der Waals surface area contributed by atoms with Gasteiger partial charge in [0.2, 0.25) is 5.88 Å². The Balaban J connectivity index is 1.93. The van der Waals surface area contributed by atoms with Gasteiger partial charge in [0.15, 0.2) is 11.0 Å². The summed E-state index contributed by atoms with van der Waals surface area (Å²) in [6, 6.07) is 14.4. The Morgan fingerprint density at radius 2 is 1.76 bits per heavy atom. The maximum Gasteiger partial charge on any atom is 0.255 e. The highest BCUT2D eigenvalue weighted by atomic mass is 35.5. The third-order valence-corrected chi connectivity index (χ3v) is 3.68. The highest BCUT2D eigenvalue weighted by Gasteiger charge is 2.18. The zero-order valence-electron chi connectivity index (χ0n) is 13.2. The normalized spacial score (nSPS) is 10.4. The molecule has 1 amide bonds. The fourth-order valence-electron chi connectivity index (χ4n) is 2.17. The minimum atomic E-state index is -0.476. The standard InChI is InChI=1S/C18H13ClFN3O2/c1-25-18-14(21-17(24)12-7-9-13(20)10-8-12)15(19)22-16(23-18)11-5-3-2-4-6-11/h2-10H,1H3,(H,21,24). The zero-order chi connectivity index (χ0) is 17.8. The van der Waals surface area contributed by atoms with Crippen LogP contribution in [0.25, 0.3) is 11.4 Å². The molecule has 0 bridgehead atoms. The number of nitrogens with one attached hydrogen (secondary N) is 1. The van der Waals surface area contributed by atoms with E-state index >= 15 is 0 Å². The van der Waals surface area contributed by atoms with Gasteiger partial charge in [0.1, 0.15) is 11.5 Å². The van der Waals surface area contributed by atoms with E-state index in [0.29, 0.717) is 5.82 Å². The average Bonchev–Trinajstić information content (AvgIpc) is 2.64. The molecule has 2 aromatic carbocycles. The van der Waals surface area contributed by atoms with Crippen LogP contribution in [-0.4, -0.2) is 23.0 Å². The van der Waals surface area contributed by atoms with Crippen LogP contribution in [0.4, 0.5) is 10.1 Å². The van der Waals surface area contributed by atoms with Crippen molar-refractivity contribution in [2.24, 2.45) is 0 Å². The Morgan fingerprint density at radius 1 is 1.08 bits per heavy atom. The number of halogens is 2. The third kappa shape index (κ3) is 3.75.